The average molecular weight is 306 g/mol. The van der Waals surface area contributed by atoms with E-state index in [1.54, 1.807) is 58.9 Å². The van der Waals surface area contributed by atoms with Crippen LogP contribution < -0.4 is 5.43 Å². The summed E-state index contributed by atoms with van der Waals surface area (Å²) in [7, 11) is 0. The second kappa shape index (κ2) is 7.59. The highest BCUT2D eigenvalue weighted by molar-refractivity contribution is 6.00. The first-order chi connectivity index (χ1) is 10.2. The van der Waals surface area contributed by atoms with Crippen molar-refractivity contribution >= 4 is 17.8 Å². The van der Waals surface area contributed by atoms with Gasteiger partial charge in [0, 0.05) is 0 Å². The highest BCUT2D eigenvalue weighted by Crippen LogP contribution is 2.08. The quantitative estimate of drug-likeness (QED) is 0.527. The smallest absolute Gasteiger partial charge is 0.428 e. The molecule has 0 saturated heterocycles. The number of esters is 1. The van der Waals surface area contributed by atoms with E-state index in [1.807, 2.05) is 0 Å². The molecular weight excluding hydrogens is 284 g/mol. The van der Waals surface area contributed by atoms with Crippen LogP contribution in [0.5, 0.6) is 0 Å². The number of hydrogen-bond donors (Lipinski definition) is 1. The fourth-order valence-electron chi connectivity index (χ4n) is 1.56. The van der Waals surface area contributed by atoms with Gasteiger partial charge < -0.3 is 9.47 Å². The van der Waals surface area contributed by atoms with Crippen LogP contribution in [0.15, 0.2) is 29.4 Å². The molecular formula is C16H22N2O4. The lowest BCUT2D eigenvalue weighted by molar-refractivity contribution is 0.0517. The number of nitrogens with one attached hydrogen (secondary N) is 1. The monoisotopic (exact) mass is 306 g/mol. The van der Waals surface area contributed by atoms with Gasteiger partial charge >= 0.3 is 12.1 Å². The third-order valence-corrected chi connectivity index (χ3v) is 2.53. The summed E-state index contributed by atoms with van der Waals surface area (Å²) in [5, 5.41) is 3.97. The molecule has 0 bridgehead atoms. The Morgan fingerprint density at radius 2 is 1.68 bits per heavy atom. The zero-order chi connectivity index (χ0) is 16.8. The van der Waals surface area contributed by atoms with Crippen LogP contribution in [-0.2, 0) is 9.47 Å². The van der Waals surface area contributed by atoms with Gasteiger partial charge in [-0.1, -0.05) is 12.1 Å². The van der Waals surface area contributed by atoms with Crippen molar-refractivity contribution < 1.29 is 19.1 Å². The molecule has 0 fully saturated rings. The Hall–Kier alpha value is -2.37. The normalized spacial score (nSPS) is 11.8. The van der Waals surface area contributed by atoms with Gasteiger partial charge in [-0.3, -0.25) is 0 Å². The van der Waals surface area contributed by atoms with Gasteiger partial charge in [0.05, 0.1) is 17.9 Å². The molecule has 0 heterocycles. The minimum atomic E-state index is -0.616. The van der Waals surface area contributed by atoms with Gasteiger partial charge in [0.15, 0.2) is 0 Å². The molecule has 1 aromatic carbocycles. The molecule has 6 nitrogen and oxygen atoms in total. The molecule has 0 saturated carbocycles. The van der Waals surface area contributed by atoms with E-state index in [4.69, 9.17) is 9.47 Å². The van der Waals surface area contributed by atoms with Crippen LogP contribution >= 0.6 is 0 Å². The standard InChI is InChI=1S/C16H22N2O4/c1-6-21-14(19)13-9-7-12(8-10-13)11(2)17-18-15(20)22-16(3,4)5/h7-10H,6H2,1-5H3,(H,18,20)/b17-11-. The Balaban J connectivity index is 2.69. The van der Waals surface area contributed by atoms with Gasteiger partial charge in [-0.2, -0.15) is 5.10 Å². The van der Waals surface area contributed by atoms with Gasteiger partial charge in [-0.15, -0.1) is 0 Å². The Bertz CT molecular complexity index is 557. The molecule has 0 aromatic heterocycles. The van der Waals surface area contributed by atoms with Gasteiger partial charge in [0.25, 0.3) is 0 Å². The van der Waals surface area contributed by atoms with Crippen LogP contribution in [-0.4, -0.2) is 30.0 Å². The molecule has 0 spiro atoms. The lowest BCUT2D eigenvalue weighted by Crippen LogP contribution is -2.30. The van der Waals surface area contributed by atoms with E-state index in [-0.39, 0.29) is 5.97 Å². The van der Waals surface area contributed by atoms with Gasteiger partial charge in [0.1, 0.15) is 5.60 Å². The summed E-state index contributed by atoms with van der Waals surface area (Å²) < 4.78 is 9.99. The van der Waals surface area contributed by atoms with Gasteiger partial charge in [0.2, 0.25) is 0 Å². The van der Waals surface area contributed by atoms with E-state index in [1.165, 1.54) is 0 Å². The maximum Gasteiger partial charge on any atom is 0.428 e. The maximum absolute atomic E-state index is 11.5. The maximum atomic E-state index is 11.5. The van der Waals surface area contributed by atoms with E-state index < -0.39 is 11.7 Å². The number of nitrogens with zero attached hydrogens (tertiary/aromatic N) is 1. The third kappa shape index (κ3) is 5.95. The molecule has 0 aliphatic carbocycles. The van der Waals surface area contributed by atoms with Crippen LogP contribution in [0.3, 0.4) is 0 Å². The summed E-state index contributed by atoms with van der Waals surface area (Å²) in [4.78, 5) is 23.1. The van der Waals surface area contributed by atoms with Crippen LogP contribution in [0.1, 0.15) is 50.5 Å². The molecule has 1 N–H and O–H groups in total. The van der Waals surface area contributed by atoms with Crippen molar-refractivity contribution in [1.29, 1.82) is 0 Å². The number of benzene rings is 1. The zero-order valence-electron chi connectivity index (χ0n) is 13.6. The number of carbonyl (C=O) groups is 2. The number of amides is 1. The third-order valence-electron chi connectivity index (χ3n) is 2.53. The minimum absolute atomic E-state index is 0.334. The molecule has 1 amide bonds. The molecule has 1 rings (SSSR count). The Morgan fingerprint density at radius 1 is 1.14 bits per heavy atom. The molecule has 1 aromatic rings. The zero-order valence-corrected chi connectivity index (χ0v) is 13.6. The number of rotatable bonds is 4. The lowest BCUT2D eigenvalue weighted by Gasteiger charge is -2.18. The first-order valence-electron chi connectivity index (χ1n) is 7.03. The first kappa shape index (κ1) is 17.7. The predicted molar refractivity (Wildman–Crippen MR) is 84.0 cm³/mol. The van der Waals surface area contributed by atoms with E-state index in [0.717, 1.165) is 5.56 Å². The van der Waals surface area contributed by atoms with E-state index in [9.17, 15) is 9.59 Å². The Labute approximate surface area is 130 Å². The summed E-state index contributed by atoms with van der Waals surface area (Å²) in [5.74, 6) is -0.365. The van der Waals surface area contributed by atoms with Crippen molar-refractivity contribution in [2.75, 3.05) is 6.61 Å². The molecule has 0 unspecified atom stereocenters. The SMILES string of the molecule is CCOC(=O)c1ccc(/C(C)=N\NC(=O)OC(C)(C)C)cc1. The second-order valence-corrected chi connectivity index (χ2v) is 5.61. The molecule has 0 aliphatic heterocycles. The number of carbonyl (C=O) groups excluding carboxylic acids is 2. The second-order valence-electron chi connectivity index (χ2n) is 5.61. The lowest BCUT2D eigenvalue weighted by atomic mass is 10.1. The van der Waals surface area contributed by atoms with Crippen LogP contribution in [0.25, 0.3) is 0 Å². The van der Waals surface area contributed by atoms with Crippen LogP contribution in [0, 0.1) is 0 Å². The fourth-order valence-corrected chi connectivity index (χ4v) is 1.56. The largest absolute Gasteiger partial charge is 0.462 e. The molecule has 22 heavy (non-hydrogen) atoms. The molecule has 0 radical (unpaired) electrons. The Kier molecular flexibility index (Phi) is 6.10. The summed E-state index contributed by atoms with van der Waals surface area (Å²) in [6, 6.07) is 6.78. The Morgan fingerprint density at radius 3 is 2.18 bits per heavy atom. The van der Waals surface area contributed by atoms with E-state index in [0.29, 0.717) is 17.9 Å². The molecule has 0 aliphatic rings. The van der Waals surface area contributed by atoms with Crippen LogP contribution in [0.4, 0.5) is 4.79 Å². The van der Waals surface area contributed by atoms with Gasteiger partial charge in [-0.25, -0.2) is 15.0 Å². The molecule has 120 valence electrons. The van der Waals surface area contributed by atoms with Crippen molar-refractivity contribution in [3.63, 3.8) is 0 Å². The summed E-state index contributed by atoms with van der Waals surface area (Å²) in [6.07, 6.45) is -0.616. The topological polar surface area (TPSA) is 77.0 Å². The number of hydrazone groups is 1. The van der Waals surface area contributed by atoms with Crippen molar-refractivity contribution in [1.82, 2.24) is 5.43 Å². The van der Waals surface area contributed by atoms with Crippen molar-refractivity contribution in [2.45, 2.75) is 40.2 Å². The average Bonchev–Trinajstić information content (AvgIpc) is 2.43. The van der Waals surface area contributed by atoms with Crippen molar-refractivity contribution in [3.05, 3.63) is 35.4 Å². The molecule has 6 heteroatoms. The van der Waals surface area contributed by atoms with Crippen LogP contribution in [0.2, 0.25) is 0 Å². The van der Waals surface area contributed by atoms with Gasteiger partial charge in [-0.05, 0) is 52.3 Å². The number of hydrogen-bond acceptors (Lipinski definition) is 5. The van der Waals surface area contributed by atoms with Crippen molar-refractivity contribution in [2.24, 2.45) is 5.10 Å². The first-order valence-corrected chi connectivity index (χ1v) is 7.03. The molecule has 0 atom stereocenters. The summed E-state index contributed by atoms with van der Waals surface area (Å²) in [5.41, 5.74) is 3.61. The highest BCUT2D eigenvalue weighted by Gasteiger charge is 2.15. The highest BCUT2D eigenvalue weighted by atomic mass is 16.6. The predicted octanol–water partition coefficient (Wildman–Crippen LogP) is 3.11. The summed E-state index contributed by atoms with van der Waals surface area (Å²) in [6.45, 7) is 9.16. The summed E-state index contributed by atoms with van der Waals surface area (Å²) >= 11 is 0. The fraction of sp³-hybridized carbons (Fsp3) is 0.438. The number of ether oxygens (including phenoxy) is 2. The van der Waals surface area contributed by atoms with E-state index >= 15 is 0 Å². The minimum Gasteiger partial charge on any atom is -0.462 e. The van der Waals surface area contributed by atoms with Crippen molar-refractivity contribution in [3.8, 4) is 0 Å². The van der Waals surface area contributed by atoms with E-state index in [2.05, 4.69) is 10.5 Å².